The number of carbonyl (C=O) groups excluding carboxylic acids is 1. The Kier molecular flexibility index (Phi) is 27.9. The van der Waals surface area contributed by atoms with Gasteiger partial charge in [-0.25, -0.2) is 0 Å². The lowest BCUT2D eigenvalue weighted by atomic mass is 10.1. The third-order valence-electron chi connectivity index (χ3n) is 6.80. The molecular weight excluding hydrogens is 450 g/mol. The van der Waals surface area contributed by atoms with E-state index in [1.165, 1.54) is 90.6 Å². The molecule has 0 N–H and O–H groups in total. The number of rotatable bonds is 28. The monoisotopic (exact) mass is 511 g/mol. The first-order valence-corrected chi connectivity index (χ1v) is 15.2. The summed E-state index contributed by atoms with van der Waals surface area (Å²) in [7, 11) is 5.69. The van der Waals surface area contributed by atoms with Crippen LogP contribution in [-0.4, -0.2) is 64.5 Å². The van der Waals surface area contributed by atoms with Gasteiger partial charge in [0.15, 0.2) is 0 Å². The van der Waals surface area contributed by atoms with E-state index >= 15 is 0 Å². The van der Waals surface area contributed by atoms with Crippen LogP contribution in [-0.2, 0) is 19.0 Å². The molecule has 0 heterocycles. The number of hydrogen-bond acceptors (Lipinski definition) is 5. The predicted molar refractivity (Wildman–Crippen MR) is 154 cm³/mol. The third kappa shape index (κ3) is 26.2. The highest BCUT2D eigenvalue weighted by molar-refractivity contribution is 5.68. The highest BCUT2D eigenvalue weighted by Gasteiger charge is 2.11. The second-order valence-corrected chi connectivity index (χ2v) is 10.4. The van der Waals surface area contributed by atoms with Gasteiger partial charge in [-0.15, -0.1) is 0 Å². The zero-order valence-electron chi connectivity index (χ0n) is 24.6. The summed E-state index contributed by atoms with van der Waals surface area (Å²) in [5, 5.41) is 0. The van der Waals surface area contributed by atoms with E-state index in [0.29, 0.717) is 12.5 Å². The summed E-state index contributed by atoms with van der Waals surface area (Å²) >= 11 is 0. The molecule has 0 aliphatic rings. The topological polar surface area (TPSA) is 48.0 Å². The Morgan fingerprint density at radius 3 is 1.58 bits per heavy atom. The van der Waals surface area contributed by atoms with E-state index in [9.17, 15) is 4.79 Å². The quantitative estimate of drug-likeness (QED) is 0.0603. The summed E-state index contributed by atoms with van der Waals surface area (Å²) in [5.41, 5.74) is 0. The maximum atomic E-state index is 11.0. The van der Waals surface area contributed by atoms with Crippen molar-refractivity contribution in [1.82, 2.24) is 4.90 Å². The maximum absolute atomic E-state index is 11.0. The molecule has 0 fully saturated rings. The highest BCUT2D eigenvalue weighted by atomic mass is 16.5. The molecule has 0 radical (unpaired) electrons. The Bertz CT molecular complexity index is 481. The van der Waals surface area contributed by atoms with Gasteiger partial charge in [-0.3, -0.25) is 4.79 Å². The van der Waals surface area contributed by atoms with Gasteiger partial charge >= 0.3 is 5.97 Å². The summed E-state index contributed by atoms with van der Waals surface area (Å²) < 4.78 is 16.6. The van der Waals surface area contributed by atoms with E-state index in [2.05, 4.69) is 42.8 Å². The van der Waals surface area contributed by atoms with Crippen molar-refractivity contribution in [2.24, 2.45) is 0 Å². The number of ether oxygens (including phenoxy) is 3. The van der Waals surface area contributed by atoms with Crippen LogP contribution in [0, 0.1) is 0 Å². The van der Waals surface area contributed by atoms with Crippen LogP contribution in [0.15, 0.2) is 12.2 Å². The SMILES string of the molecule is CCCCCCCCCOCC(COCCCCCCCC/C=C/CCCCCC(=O)OC)N(C)C. The number of esters is 1. The van der Waals surface area contributed by atoms with Crippen LogP contribution in [0.1, 0.15) is 129 Å². The first kappa shape index (κ1) is 35.1. The predicted octanol–water partition coefficient (Wildman–Crippen LogP) is 8.11. The molecular formula is C31H61NO4. The zero-order valence-corrected chi connectivity index (χ0v) is 24.6. The van der Waals surface area contributed by atoms with Crippen LogP contribution in [0.2, 0.25) is 0 Å². The Balaban J connectivity index is 3.43. The van der Waals surface area contributed by atoms with Gasteiger partial charge in [0.2, 0.25) is 0 Å². The summed E-state index contributed by atoms with van der Waals surface area (Å²) in [6.07, 6.45) is 27.7. The summed E-state index contributed by atoms with van der Waals surface area (Å²) in [5.74, 6) is -0.0919. The first-order valence-electron chi connectivity index (χ1n) is 15.2. The van der Waals surface area contributed by atoms with Gasteiger partial charge in [0.1, 0.15) is 0 Å². The number of unbranched alkanes of at least 4 members (excludes halogenated alkanes) is 15. The van der Waals surface area contributed by atoms with E-state index < -0.39 is 0 Å². The second kappa shape index (κ2) is 28.7. The van der Waals surface area contributed by atoms with Crippen molar-refractivity contribution >= 4 is 5.97 Å². The third-order valence-corrected chi connectivity index (χ3v) is 6.80. The minimum Gasteiger partial charge on any atom is -0.469 e. The van der Waals surface area contributed by atoms with Gasteiger partial charge < -0.3 is 19.1 Å². The van der Waals surface area contributed by atoms with Crippen molar-refractivity contribution in [3.05, 3.63) is 12.2 Å². The molecule has 0 amide bonds. The lowest BCUT2D eigenvalue weighted by Gasteiger charge is -2.24. The van der Waals surface area contributed by atoms with E-state index in [0.717, 1.165) is 58.5 Å². The van der Waals surface area contributed by atoms with Gasteiger partial charge in [0, 0.05) is 19.6 Å². The fourth-order valence-corrected chi connectivity index (χ4v) is 4.17. The number of likely N-dealkylation sites (N-methyl/N-ethyl adjacent to an activating group) is 1. The fourth-order valence-electron chi connectivity index (χ4n) is 4.17. The van der Waals surface area contributed by atoms with Gasteiger partial charge in [0.05, 0.1) is 26.4 Å². The molecule has 36 heavy (non-hydrogen) atoms. The smallest absolute Gasteiger partial charge is 0.305 e. The molecule has 0 aliphatic carbocycles. The normalized spacial score (nSPS) is 12.6. The molecule has 0 spiro atoms. The van der Waals surface area contributed by atoms with E-state index in [1.54, 1.807) is 0 Å². The molecule has 0 aromatic rings. The van der Waals surface area contributed by atoms with Gasteiger partial charge in [0.25, 0.3) is 0 Å². The largest absolute Gasteiger partial charge is 0.469 e. The van der Waals surface area contributed by atoms with Crippen LogP contribution in [0.3, 0.4) is 0 Å². The minimum absolute atomic E-state index is 0.0919. The molecule has 0 aromatic carbocycles. The molecule has 0 saturated heterocycles. The number of carbonyl (C=O) groups is 1. The number of methoxy groups -OCH3 is 1. The zero-order chi connectivity index (χ0) is 26.5. The Morgan fingerprint density at radius 1 is 0.667 bits per heavy atom. The maximum Gasteiger partial charge on any atom is 0.305 e. The van der Waals surface area contributed by atoms with Crippen LogP contribution < -0.4 is 0 Å². The van der Waals surface area contributed by atoms with Gasteiger partial charge in [-0.05, 0) is 59.0 Å². The highest BCUT2D eigenvalue weighted by Crippen LogP contribution is 2.10. The molecule has 1 unspecified atom stereocenters. The van der Waals surface area contributed by atoms with Crippen molar-refractivity contribution in [1.29, 1.82) is 0 Å². The van der Waals surface area contributed by atoms with Crippen LogP contribution in [0.5, 0.6) is 0 Å². The van der Waals surface area contributed by atoms with E-state index in [1.807, 2.05) is 0 Å². The first-order chi connectivity index (χ1) is 17.6. The second-order valence-electron chi connectivity index (χ2n) is 10.4. The Hall–Kier alpha value is -0.910. The summed E-state index contributed by atoms with van der Waals surface area (Å²) in [6, 6.07) is 0.350. The molecule has 0 rings (SSSR count). The fraction of sp³-hybridized carbons (Fsp3) is 0.903. The Morgan fingerprint density at radius 2 is 1.11 bits per heavy atom. The van der Waals surface area contributed by atoms with E-state index in [-0.39, 0.29) is 5.97 Å². The molecule has 0 bridgehead atoms. The minimum atomic E-state index is -0.0919. The molecule has 0 aliphatic heterocycles. The molecule has 214 valence electrons. The lowest BCUT2D eigenvalue weighted by molar-refractivity contribution is -0.140. The average molecular weight is 512 g/mol. The van der Waals surface area contributed by atoms with Crippen molar-refractivity contribution in [2.75, 3.05) is 47.6 Å². The Labute approximate surface area is 224 Å². The van der Waals surface area contributed by atoms with Crippen molar-refractivity contribution in [3.63, 3.8) is 0 Å². The molecule has 0 aromatic heterocycles. The lowest BCUT2D eigenvalue weighted by Crippen LogP contribution is -2.37. The number of hydrogen-bond donors (Lipinski definition) is 0. The van der Waals surface area contributed by atoms with Gasteiger partial charge in [-0.1, -0.05) is 89.7 Å². The molecule has 5 heteroatoms. The number of nitrogens with zero attached hydrogens (tertiary/aromatic N) is 1. The average Bonchev–Trinajstić information content (AvgIpc) is 2.87. The number of allylic oxidation sites excluding steroid dienone is 2. The van der Waals surface area contributed by atoms with Crippen molar-refractivity contribution in [3.8, 4) is 0 Å². The van der Waals surface area contributed by atoms with Crippen LogP contribution in [0.4, 0.5) is 0 Å². The standard InChI is InChI=1S/C31H61NO4/c1-5-6-7-8-17-20-23-26-35-28-30(32(2)3)29-36-27-24-21-18-15-13-11-9-10-12-14-16-19-22-25-31(33)34-4/h10,12,30H,5-9,11,13-29H2,1-4H3/b12-10+. The molecule has 0 saturated carbocycles. The van der Waals surface area contributed by atoms with Crippen molar-refractivity contribution in [2.45, 2.75) is 135 Å². The summed E-state index contributed by atoms with van der Waals surface area (Å²) in [6.45, 7) is 5.55. The molecule has 5 nitrogen and oxygen atoms in total. The van der Waals surface area contributed by atoms with E-state index in [4.69, 9.17) is 9.47 Å². The van der Waals surface area contributed by atoms with Gasteiger partial charge in [-0.2, -0.15) is 0 Å². The van der Waals surface area contributed by atoms with Crippen LogP contribution >= 0.6 is 0 Å². The van der Waals surface area contributed by atoms with Crippen LogP contribution in [0.25, 0.3) is 0 Å². The summed E-state index contributed by atoms with van der Waals surface area (Å²) in [4.78, 5) is 13.3. The molecule has 1 atom stereocenters. The van der Waals surface area contributed by atoms with Crippen molar-refractivity contribution < 1.29 is 19.0 Å².